The zero-order chi connectivity index (χ0) is 29.1. The standard InChI is InChI=1S/C31H29N5O5/c1-4-36-27-24(30(38)35(3)25-6-5-14-32-28(25)36)17-20(18-33-27)13-15-41-26-12-9-22(16-19(26)2)29(37)34-23-10-7-21(8-11-23)31(39)40/h5-12,14,16-18H,4,13,15H2,1-3H3,(H,34,37)(H,39,40). The fourth-order valence-corrected chi connectivity index (χ4v) is 4.69. The van der Waals surface area contributed by atoms with Gasteiger partial charge in [0.25, 0.3) is 11.8 Å². The quantitative estimate of drug-likeness (QED) is 0.310. The van der Waals surface area contributed by atoms with Crippen LogP contribution in [-0.2, 0) is 6.42 Å². The Morgan fingerprint density at radius 1 is 1.00 bits per heavy atom. The Kier molecular flexibility index (Phi) is 7.64. The zero-order valence-corrected chi connectivity index (χ0v) is 22.9. The number of aromatic nitrogens is 2. The third-order valence-corrected chi connectivity index (χ3v) is 6.89. The molecule has 2 N–H and O–H groups in total. The first-order valence-electron chi connectivity index (χ1n) is 13.1. The summed E-state index contributed by atoms with van der Waals surface area (Å²) in [7, 11) is 1.74. The van der Waals surface area contributed by atoms with Crippen LogP contribution in [0.1, 0.15) is 49.1 Å². The van der Waals surface area contributed by atoms with E-state index in [9.17, 15) is 14.4 Å². The molecular weight excluding hydrogens is 522 g/mol. The lowest BCUT2D eigenvalue weighted by molar-refractivity contribution is 0.0696. The van der Waals surface area contributed by atoms with Crippen LogP contribution in [0.4, 0.5) is 23.0 Å². The van der Waals surface area contributed by atoms with Crippen molar-refractivity contribution in [1.29, 1.82) is 0 Å². The normalized spacial score (nSPS) is 12.3. The molecule has 0 unspecified atom stereocenters. The predicted octanol–water partition coefficient (Wildman–Crippen LogP) is 5.11. The molecule has 41 heavy (non-hydrogen) atoms. The van der Waals surface area contributed by atoms with Crippen LogP contribution < -0.4 is 19.9 Å². The number of ether oxygens (including phenoxy) is 1. The number of fused-ring (bicyclic) bond motifs is 2. The Balaban J connectivity index is 1.24. The fourth-order valence-electron chi connectivity index (χ4n) is 4.69. The number of carbonyl (C=O) groups is 3. The first-order chi connectivity index (χ1) is 19.8. The summed E-state index contributed by atoms with van der Waals surface area (Å²) in [5.74, 6) is 0.422. The highest BCUT2D eigenvalue weighted by Gasteiger charge is 2.30. The van der Waals surface area contributed by atoms with Crippen LogP contribution >= 0.6 is 0 Å². The van der Waals surface area contributed by atoms with Crippen molar-refractivity contribution in [1.82, 2.24) is 9.97 Å². The van der Waals surface area contributed by atoms with Crippen molar-refractivity contribution in [2.24, 2.45) is 0 Å². The van der Waals surface area contributed by atoms with Gasteiger partial charge in [-0.3, -0.25) is 9.59 Å². The largest absolute Gasteiger partial charge is 0.493 e. The maximum atomic E-state index is 13.3. The van der Waals surface area contributed by atoms with Crippen molar-refractivity contribution >= 4 is 40.8 Å². The number of nitrogens with one attached hydrogen (secondary N) is 1. The highest BCUT2D eigenvalue weighted by atomic mass is 16.5. The van der Waals surface area contributed by atoms with E-state index < -0.39 is 5.97 Å². The molecule has 3 heterocycles. The minimum atomic E-state index is -1.03. The van der Waals surface area contributed by atoms with Crippen molar-refractivity contribution in [3.63, 3.8) is 0 Å². The number of hydrogen-bond donors (Lipinski definition) is 2. The molecule has 10 nitrogen and oxygen atoms in total. The molecule has 2 aromatic carbocycles. The molecule has 0 spiro atoms. The van der Waals surface area contributed by atoms with Crippen molar-refractivity contribution < 1.29 is 24.2 Å². The summed E-state index contributed by atoms with van der Waals surface area (Å²) < 4.78 is 6.01. The van der Waals surface area contributed by atoms with Crippen LogP contribution in [0.2, 0.25) is 0 Å². The van der Waals surface area contributed by atoms with Crippen LogP contribution in [0.15, 0.2) is 73.1 Å². The molecule has 0 radical (unpaired) electrons. The summed E-state index contributed by atoms with van der Waals surface area (Å²) in [5.41, 5.74) is 3.99. The topological polar surface area (TPSA) is 125 Å². The lowest BCUT2D eigenvalue weighted by Crippen LogP contribution is -2.25. The second-order valence-corrected chi connectivity index (χ2v) is 9.58. The minimum absolute atomic E-state index is 0.145. The number of anilines is 4. The molecular formula is C31H29N5O5. The zero-order valence-electron chi connectivity index (χ0n) is 22.9. The number of pyridine rings is 2. The lowest BCUT2D eigenvalue weighted by Gasteiger charge is -2.22. The fraction of sp³-hybridized carbons (Fsp3) is 0.194. The number of rotatable bonds is 8. The molecule has 4 aromatic rings. The van der Waals surface area contributed by atoms with Gasteiger partial charge in [-0.25, -0.2) is 14.8 Å². The van der Waals surface area contributed by atoms with Gasteiger partial charge in [0, 0.05) is 43.7 Å². The number of amides is 2. The number of benzene rings is 2. The van der Waals surface area contributed by atoms with E-state index in [4.69, 9.17) is 9.84 Å². The Hall–Kier alpha value is -5.25. The monoisotopic (exact) mass is 551 g/mol. The van der Waals surface area contributed by atoms with E-state index in [2.05, 4.69) is 15.3 Å². The number of carbonyl (C=O) groups excluding carboxylic acids is 2. The van der Waals surface area contributed by atoms with E-state index in [1.807, 2.05) is 36.9 Å². The van der Waals surface area contributed by atoms with Gasteiger partial charge in [0.1, 0.15) is 11.6 Å². The Morgan fingerprint density at radius 2 is 1.76 bits per heavy atom. The second-order valence-electron chi connectivity index (χ2n) is 9.58. The van der Waals surface area contributed by atoms with E-state index in [0.717, 1.165) is 16.8 Å². The molecule has 0 bridgehead atoms. The molecule has 208 valence electrons. The summed E-state index contributed by atoms with van der Waals surface area (Å²) in [4.78, 5) is 49.7. The molecule has 2 aromatic heterocycles. The third-order valence-electron chi connectivity index (χ3n) is 6.89. The number of carboxylic acids is 1. The highest BCUT2D eigenvalue weighted by Crippen LogP contribution is 2.37. The first kappa shape index (κ1) is 27.3. The van der Waals surface area contributed by atoms with Gasteiger partial charge in [0.2, 0.25) is 0 Å². The SMILES string of the molecule is CCN1c2ncc(CCOc3ccc(C(=O)Nc4ccc(C(=O)O)cc4)cc3C)cc2C(=O)N(C)c2cccnc21. The Morgan fingerprint density at radius 3 is 2.46 bits per heavy atom. The molecule has 2 amide bonds. The van der Waals surface area contributed by atoms with E-state index in [1.165, 1.54) is 12.1 Å². The average Bonchev–Trinajstić information content (AvgIpc) is 3.06. The van der Waals surface area contributed by atoms with Gasteiger partial charge >= 0.3 is 5.97 Å². The summed E-state index contributed by atoms with van der Waals surface area (Å²) in [6.45, 7) is 4.82. The number of nitrogens with zero attached hydrogens (tertiary/aromatic N) is 4. The minimum Gasteiger partial charge on any atom is -0.493 e. The number of aryl methyl sites for hydroxylation is 1. The van der Waals surface area contributed by atoms with Crippen LogP contribution in [-0.4, -0.2) is 53.1 Å². The first-order valence-corrected chi connectivity index (χ1v) is 13.1. The molecule has 0 atom stereocenters. The Labute approximate surface area is 237 Å². The smallest absolute Gasteiger partial charge is 0.335 e. The number of hydrogen-bond acceptors (Lipinski definition) is 7. The van der Waals surface area contributed by atoms with E-state index in [0.29, 0.717) is 53.8 Å². The molecule has 0 fully saturated rings. The van der Waals surface area contributed by atoms with Gasteiger partial charge in [0.05, 0.1) is 23.4 Å². The van der Waals surface area contributed by atoms with Gasteiger partial charge in [-0.1, -0.05) is 0 Å². The second kappa shape index (κ2) is 11.5. The van der Waals surface area contributed by atoms with E-state index in [-0.39, 0.29) is 17.4 Å². The lowest BCUT2D eigenvalue weighted by atomic mass is 10.1. The summed E-state index contributed by atoms with van der Waals surface area (Å²) in [6.07, 6.45) is 4.00. The average molecular weight is 552 g/mol. The van der Waals surface area contributed by atoms with Gasteiger partial charge in [-0.15, -0.1) is 0 Å². The van der Waals surface area contributed by atoms with Crippen LogP contribution in [0, 0.1) is 6.92 Å². The molecule has 10 heteroatoms. The van der Waals surface area contributed by atoms with Gasteiger partial charge < -0.3 is 25.0 Å². The molecule has 5 rings (SSSR count). The van der Waals surface area contributed by atoms with Crippen LogP contribution in [0.3, 0.4) is 0 Å². The van der Waals surface area contributed by atoms with Crippen molar-refractivity contribution in [3.05, 3.63) is 101 Å². The maximum Gasteiger partial charge on any atom is 0.335 e. The molecule has 1 aliphatic heterocycles. The van der Waals surface area contributed by atoms with Gasteiger partial charge in [-0.2, -0.15) is 0 Å². The maximum absolute atomic E-state index is 13.3. The van der Waals surface area contributed by atoms with E-state index >= 15 is 0 Å². The van der Waals surface area contributed by atoms with Gasteiger partial charge in [0.15, 0.2) is 5.82 Å². The van der Waals surface area contributed by atoms with E-state index in [1.54, 1.807) is 54.7 Å². The number of carboxylic acid groups (broad SMARTS) is 1. The van der Waals surface area contributed by atoms with Crippen LogP contribution in [0.5, 0.6) is 5.75 Å². The molecule has 0 aliphatic carbocycles. The summed E-state index contributed by atoms with van der Waals surface area (Å²) in [6, 6.07) is 16.7. The predicted molar refractivity (Wildman–Crippen MR) is 156 cm³/mol. The number of aromatic carboxylic acids is 1. The molecule has 1 aliphatic rings. The highest BCUT2D eigenvalue weighted by molar-refractivity contribution is 6.12. The van der Waals surface area contributed by atoms with Crippen molar-refractivity contribution in [2.45, 2.75) is 20.3 Å². The molecule has 0 saturated carbocycles. The summed E-state index contributed by atoms with van der Waals surface area (Å²) >= 11 is 0. The molecule has 0 saturated heterocycles. The Bertz CT molecular complexity index is 1640. The van der Waals surface area contributed by atoms with Crippen molar-refractivity contribution in [2.75, 3.05) is 35.3 Å². The summed E-state index contributed by atoms with van der Waals surface area (Å²) in [5, 5.41) is 11.8. The van der Waals surface area contributed by atoms with Gasteiger partial charge in [-0.05, 0) is 85.6 Å². The third kappa shape index (κ3) is 5.58. The van der Waals surface area contributed by atoms with Crippen LogP contribution in [0.25, 0.3) is 0 Å². The van der Waals surface area contributed by atoms with Crippen molar-refractivity contribution in [3.8, 4) is 5.75 Å².